The van der Waals surface area contributed by atoms with Crippen LogP contribution in [0, 0.1) is 0 Å². The Morgan fingerprint density at radius 1 is 1.29 bits per heavy atom. The summed E-state index contributed by atoms with van der Waals surface area (Å²) in [5.41, 5.74) is 0.383. The first-order chi connectivity index (χ1) is 11.7. The third-order valence-electron chi connectivity index (χ3n) is 3.17. The molecule has 1 aromatic carbocycles. The zero-order valence-electron chi connectivity index (χ0n) is 12.8. The minimum atomic E-state index is -0.603. The van der Waals surface area contributed by atoms with E-state index in [1.54, 1.807) is 36.4 Å². The van der Waals surface area contributed by atoms with E-state index >= 15 is 0 Å². The predicted molar refractivity (Wildman–Crippen MR) is 81.7 cm³/mol. The molecule has 124 valence electrons. The zero-order valence-corrected chi connectivity index (χ0v) is 12.8. The Labute approximate surface area is 136 Å². The van der Waals surface area contributed by atoms with Crippen molar-refractivity contribution in [2.45, 2.75) is 6.54 Å². The molecule has 0 aliphatic rings. The second-order valence-corrected chi connectivity index (χ2v) is 4.74. The number of ether oxygens (including phenoxy) is 2. The molecule has 0 radical (unpaired) electrons. The Kier molecular flexibility index (Phi) is 4.46. The molecule has 0 aliphatic heterocycles. The first kappa shape index (κ1) is 15.6. The second kappa shape index (κ2) is 6.86. The number of esters is 1. The van der Waals surface area contributed by atoms with Crippen molar-refractivity contribution in [1.29, 1.82) is 0 Å². The highest BCUT2D eigenvalue weighted by Gasteiger charge is 2.12. The summed E-state index contributed by atoms with van der Waals surface area (Å²) in [7, 11) is 1.31. The highest BCUT2D eigenvalue weighted by atomic mass is 16.5. The lowest BCUT2D eigenvalue weighted by atomic mass is 10.2. The molecule has 0 N–H and O–H groups in total. The summed E-state index contributed by atoms with van der Waals surface area (Å²) < 4.78 is 21.5. The lowest BCUT2D eigenvalue weighted by Gasteiger charge is -2.06. The van der Waals surface area contributed by atoms with Gasteiger partial charge in [-0.2, -0.15) is 4.68 Å². The molecule has 0 saturated carbocycles. The average Bonchev–Trinajstić information content (AvgIpc) is 3.24. The van der Waals surface area contributed by atoms with Crippen LogP contribution in [0.5, 0.6) is 5.75 Å². The molecule has 0 amide bonds. The van der Waals surface area contributed by atoms with Crippen LogP contribution in [-0.4, -0.2) is 29.5 Å². The van der Waals surface area contributed by atoms with Crippen molar-refractivity contribution >= 4 is 5.97 Å². The van der Waals surface area contributed by atoms with Gasteiger partial charge in [-0.1, -0.05) is 6.07 Å². The molecule has 0 unspecified atom stereocenters. The van der Waals surface area contributed by atoms with Gasteiger partial charge in [-0.15, -0.1) is 5.10 Å². The van der Waals surface area contributed by atoms with Crippen LogP contribution < -0.4 is 10.5 Å². The third kappa shape index (κ3) is 3.37. The van der Waals surface area contributed by atoms with Gasteiger partial charge in [0, 0.05) is 0 Å². The van der Waals surface area contributed by atoms with Crippen LogP contribution in [0.15, 0.2) is 56.3 Å². The zero-order chi connectivity index (χ0) is 16.9. The van der Waals surface area contributed by atoms with Gasteiger partial charge in [0.25, 0.3) is 5.89 Å². The predicted octanol–water partition coefficient (Wildman–Crippen LogP) is 1.96. The number of nitrogens with zero attached hydrogens (tertiary/aromatic N) is 2. The smallest absolute Gasteiger partial charge is 0.437 e. The molecule has 2 heterocycles. The minimum Gasteiger partial charge on any atom is -0.492 e. The van der Waals surface area contributed by atoms with E-state index in [2.05, 4.69) is 9.84 Å². The lowest BCUT2D eigenvalue weighted by molar-refractivity contribution is 0.0600. The van der Waals surface area contributed by atoms with Crippen molar-refractivity contribution in [3.8, 4) is 17.4 Å². The summed E-state index contributed by atoms with van der Waals surface area (Å²) in [5.74, 6) is -0.0829. The number of hydrogen-bond donors (Lipinski definition) is 0. The van der Waals surface area contributed by atoms with Crippen LogP contribution in [0.4, 0.5) is 0 Å². The molecule has 3 aromatic rings. The number of carbonyl (C=O) groups excluding carboxylic acids is 1. The van der Waals surface area contributed by atoms with Gasteiger partial charge in [0.1, 0.15) is 12.4 Å². The molecule has 0 bridgehead atoms. The minimum absolute atomic E-state index is 0.109. The molecular weight excluding hydrogens is 316 g/mol. The van der Waals surface area contributed by atoms with Crippen molar-refractivity contribution < 1.29 is 23.1 Å². The summed E-state index contributed by atoms with van der Waals surface area (Å²) in [6, 6.07) is 9.88. The van der Waals surface area contributed by atoms with Crippen LogP contribution in [0.3, 0.4) is 0 Å². The van der Waals surface area contributed by atoms with Gasteiger partial charge in [-0.3, -0.25) is 0 Å². The molecule has 0 spiro atoms. The Morgan fingerprint density at radius 3 is 2.92 bits per heavy atom. The fraction of sp³-hybridized carbons (Fsp3) is 0.188. The summed E-state index contributed by atoms with van der Waals surface area (Å²) >= 11 is 0. The number of furan rings is 1. The van der Waals surface area contributed by atoms with Crippen molar-refractivity contribution in [1.82, 2.24) is 9.78 Å². The molecule has 8 nitrogen and oxygen atoms in total. The maximum atomic E-state index is 11.7. The topological polar surface area (TPSA) is 96.7 Å². The van der Waals surface area contributed by atoms with E-state index < -0.39 is 11.7 Å². The summed E-state index contributed by atoms with van der Waals surface area (Å²) in [4.78, 5) is 23.2. The van der Waals surface area contributed by atoms with E-state index in [0.29, 0.717) is 17.1 Å². The van der Waals surface area contributed by atoms with Crippen molar-refractivity contribution in [2.24, 2.45) is 0 Å². The molecule has 24 heavy (non-hydrogen) atoms. The molecule has 3 rings (SSSR count). The van der Waals surface area contributed by atoms with Crippen LogP contribution in [0.25, 0.3) is 11.7 Å². The molecule has 2 aromatic heterocycles. The van der Waals surface area contributed by atoms with Gasteiger partial charge < -0.3 is 18.3 Å². The third-order valence-corrected chi connectivity index (χ3v) is 3.17. The highest BCUT2D eigenvalue weighted by molar-refractivity contribution is 5.89. The summed E-state index contributed by atoms with van der Waals surface area (Å²) in [6.07, 6.45) is 1.46. The normalized spacial score (nSPS) is 10.5. The van der Waals surface area contributed by atoms with E-state index in [9.17, 15) is 9.59 Å². The maximum Gasteiger partial charge on any atom is 0.437 e. The molecule has 0 fully saturated rings. The fourth-order valence-corrected chi connectivity index (χ4v) is 2.03. The SMILES string of the molecule is COC(=O)c1cccc(OCCn2nc(-c3ccco3)oc2=O)c1. The Balaban J connectivity index is 1.63. The molecule has 0 aliphatic carbocycles. The van der Waals surface area contributed by atoms with Gasteiger partial charge in [0.2, 0.25) is 0 Å². The second-order valence-electron chi connectivity index (χ2n) is 4.74. The molecule has 0 saturated heterocycles. The van der Waals surface area contributed by atoms with E-state index in [4.69, 9.17) is 13.6 Å². The first-order valence-corrected chi connectivity index (χ1v) is 7.10. The Morgan fingerprint density at radius 2 is 2.17 bits per heavy atom. The van der Waals surface area contributed by atoms with Gasteiger partial charge in [0.05, 0.1) is 25.5 Å². The first-order valence-electron chi connectivity index (χ1n) is 7.10. The number of hydrogen-bond acceptors (Lipinski definition) is 7. The number of carbonyl (C=O) groups is 1. The Hall–Kier alpha value is -3.29. The van der Waals surface area contributed by atoms with Gasteiger partial charge in [-0.25, -0.2) is 9.59 Å². The van der Waals surface area contributed by atoms with E-state index in [-0.39, 0.29) is 19.0 Å². The molecule has 8 heteroatoms. The van der Waals surface area contributed by atoms with Crippen molar-refractivity contribution in [2.75, 3.05) is 13.7 Å². The molecular formula is C16H14N2O6. The van der Waals surface area contributed by atoms with E-state index in [1.165, 1.54) is 13.4 Å². The van der Waals surface area contributed by atoms with Crippen LogP contribution in [-0.2, 0) is 11.3 Å². The maximum absolute atomic E-state index is 11.7. The van der Waals surface area contributed by atoms with E-state index in [1.807, 2.05) is 0 Å². The number of benzene rings is 1. The van der Waals surface area contributed by atoms with Gasteiger partial charge in [-0.05, 0) is 30.3 Å². The van der Waals surface area contributed by atoms with Crippen LogP contribution in [0.2, 0.25) is 0 Å². The van der Waals surface area contributed by atoms with Gasteiger partial charge >= 0.3 is 11.7 Å². The highest BCUT2D eigenvalue weighted by Crippen LogP contribution is 2.16. The average molecular weight is 330 g/mol. The Bertz CT molecular complexity index is 878. The van der Waals surface area contributed by atoms with E-state index in [0.717, 1.165) is 4.68 Å². The van der Waals surface area contributed by atoms with Crippen molar-refractivity contribution in [3.05, 3.63) is 58.8 Å². The number of methoxy groups -OCH3 is 1. The summed E-state index contributed by atoms with van der Waals surface area (Å²) in [5, 5.41) is 4.03. The standard InChI is InChI=1S/C16H14N2O6/c1-21-15(19)11-4-2-5-12(10-11)22-9-7-18-16(20)24-14(17-18)13-6-3-8-23-13/h2-6,8,10H,7,9H2,1H3. The number of rotatable bonds is 6. The van der Waals surface area contributed by atoms with Gasteiger partial charge in [0.15, 0.2) is 5.76 Å². The van der Waals surface area contributed by atoms with Crippen LogP contribution >= 0.6 is 0 Å². The van der Waals surface area contributed by atoms with Crippen LogP contribution in [0.1, 0.15) is 10.4 Å². The molecule has 0 atom stereocenters. The fourth-order valence-electron chi connectivity index (χ4n) is 2.03. The largest absolute Gasteiger partial charge is 0.492 e. The number of aromatic nitrogens is 2. The van der Waals surface area contributed by atoms with Crippen molar-refractivity contribution in [3.63, 3.8) is 0 Å². The quantitative estimate of drug-likeness (QED) is 0.637. The lowest BCUT2D eigenvalue weighted by Crippen LogP contribution is -2.20. The summed E-state index contributed by atoms with van der Waals surface area (Å²) in [6.45, 7) is 0.361. The monoisotopic (exact) mass is 330 g/mol.